The second-order valence-corrected chi connectivity index (χ2v) is 9.55. The smallest absolute Gasteiger partial charge is 0.412 e. The average molecular weight is 508 g/mol. The molecule has 1 aromatic heterocycles. The Balaban J connectivity index is 1.45. The number of aromatic nitrogens is 1. The summed E-state index contributed by atoms with van der Waals surface area (Å²) in [7, 11) is -3.81. The predicted octanol–water partition coefficient (Wildman–Crippen LogP) is 5.81. The van der Waals surface area contributed by atoms with E-state index >= 15 is 0 Å². The van der Waals surface area contributed by atoms with Crippen molar-refractivity contribution in [2.45, 2.75) is 18.4 Å². The Morgan fingerprint density at radius 2 is 1.69 bits per heavy atom. The lowest BCUT2D eigenvalue weighted by atomic mass is 10.2. The fraction of sp³-hybridized carbons (Fsp3) is 0.0769. The summed E-state index contributed by atoms with van der Waals surface area (Å²) >= 11 is 0. The molecule has 1 amide bonds. The SMILES string of the molecule is Cc1ccc(S(=O)(=O)Nc2ccc(Oc3ccc(N(Cc4ccccc4)C(=O)O)c(F)c3)cn2)cc1. The van der Waals surface area contributed by atoms with Gasteiger partial charge in [-0.25, -0.2) is 22.6 Å². The molecule has 0 atom stereocenters. The lowest BCUT2D eigenvalue weighted by Gasteiger charge is -2.20. The minimum atomic E-state index is -3.81. The quantitative estimate of drug-likeness (QED) is 0.312. The molecule has 0 aliphatic heterocycles. The third kappa shape index (κ3) is 5.97. The monoisotopic (exact) mass is 507 g/mol. The van der Waals surface area contributed by atoms with Crippen LogP contribution in [-0.4, -0.2) is 24.6 Å². The second kappa shape index (κ2) is 10.4. The van der Waals surface area contributed by atoms with Crippen molar-refractivity contribution in [3.8, 4) is 11.5 Å². The minimum Gasteiger partial charge on any atom is -0.465 e. The number of nitrogens with zero attached hydrogens (tertiary/aromatic N) is 2. The molecule has 4 aromatic rings. The average Bonchev–Trinajstić information content (AvgIpc) is 2.85. The van der Waals surface area contributed by atoms with Gasteiger partial charge in [0.05, 0.1) is 23.3 Å². The Hall–Kier alpha value is -4.44. The zero-order chi connectivity index (χ0) is 25.7. The molecule has 0 saturated carbocycles. The van der Waals surface area contributed by atoms with Crippen LogP contribution in [0.25, 0.3) is 0 Å². The number of hydrogen-bond acceptors (Lipinski definition) is 5. The van der Waals surface area contributed by atoms with Crippen molar-refractivity contribution in [3.05, 3.63) is 108 Å². The van der Waals surface area contributed by atoms with Crippen LogP contribution in [0.1, 0.15) is 11.1 Å². The first-order valence-corrected chi connectivity index (χ1v) is 12.3. The Labute approximate surface area is 207 Å². The summed E-state index contributed by atoms with van der Waals surface area (Å²) < 4.78 is 47.8. The van der Waals surface area contributed by atoms with Gasteiger partial charge in [0.15, 0.2) is 5.82 Å². The van der Waals surface area contributed by atoms with Gasteiger partial charge < -0.3 is 9.84 Å². The number of pyridine rings is 1. The molecule has 0 radical (unpaired) electrons. The summed E-state index contributed by atoms with van der Waals surface area (Å²) in [5.41, 5.74) is 1.53. The molecule has 0 spiro atoms. The number of ether oxygens (including phenoxy) is 1. The van der Waals surface area contributed by atoms with Gasteiger partial charge in [0.2, 0.25) is 0 Å². The number of amides is 1. The molecule has 4 rings (SSSR count). The maximum atomic E-state index is 14.8. The topological polar surface area (TPSA) is 109 Å². The number of hydrogen-bond donors (Lipinski definition) is 2. The molecule has 0 fully saturated rings. The van der Waals surface area contributed by atoms with Crippen LogP contribution in [0.2, 0.25) is 0 Å². The van der Waals surface area contributed by atoms with Gasteiger partial charge in [-0.1, -0.05) is 48.0 Å². The maximum absolute atomic E-state index is 14.8. The molecule has 0 saturated heterocycles. The number of rotatable bonds is 8. The molecule has 8 nitrogen and oxygen atoms in total. The summed E-state index contributed by atoms with van der Waals surface area (Å²) in [5, 5.41) is 9.58. The van der Waals surface area contributed by atoms with Crippen LogP contribution in [-0.2, 0) is 16.6 Å². The van der Waals surface area contributed by atoms with Crippen molar-refractivity contribution in [1.29, 1.82) is 0 Å². The lowest BCUT2D eigenvalue weighted by molar-refractivity contribution is 0.201. The van der Waals surface area contributed by atoms with Crippen molar-refractivity contribution >= 4 is 27.6 Å². The largest absolute Gasteiger partial charge is 0.465 e. The highest BCUT2D eigenvalue weighted by molar-refractivity contribution is 7.92. The number of halogens is 1. The van der Waals surface area contributed by atoms with Gasteiger partial charge >= 0.3 is 6.09 Å². The van der Waals surface area contributed by atoms with Crippen LogP contribution in [0.15, 0.2) is 96.0 Å². The van der Waals surface area contributed by atoms with Crippen molar-refractivity contribution < 1.29 is 27.4 Å². The van der Waals surface area contributed by atoms with E-state index in [9.17, 15) is 22.7 Å². The lowest BCUT2D eigenvalue weighted by Crippen LogP contribution is -2.29. The van der Waals surface area contributed by atoms with E-state index in [1.54, 1.807) is 36.4 Å². The Bertz CT molecular complexity index is 1460. The van der Waals surface area contributed by atoms with Gasteiger partial charge in [0.1, 0.15) is 17.3 Å². The molecule has 3 aromatic carbocycles. The second-order valence-electron chi connectivity index (χ2n) is 7.87. The van der Waals surface area contributed by atoms with Gasteiger partial charge in [0, 0.05) is 6.07 Å². The Kier molecular flexibility index (Phi) is 7.16. The number of anilines is 2. The maximum Gasteiger partial charge on any atom is 0.412 e. The molecular weight excluding hydrogens is 485 g/mol. The van der Waals surface area contributed by atoms with Crippen LogP contribution in [0.4, 0.5) is 20.7 Å². The molecule has 0 aliphatic carbocycles. The number of carbonyl (C=O) groups is 1. The first-order chi connectivity index (χ1) is 17.2. The summed E-state index contributed by atoms with van der Waals surface area (Å²) in [4.78, 5) is 16.8. The fourth-order valence-corrected chi connectivity index (χ4v) is 4.35. The Morgan fingerprint density at radius 3 is 2.31 bits per heavy atom. The molecule has 184 valence electrons. The molecular formula is C26H22FN3O5S. The first-order valence-electron chi connectivity index (χ1n) is 10.8. The van der Waals surface area contributed by atoms with Crippen LogP contribution in [0, 0.1) is 12.7 Å². The number of benzene rings is 3. The molecule has 0 unspecified atom stereocenters. The molecule has 2 N–H and O–H groups in total. The zero-order valence-electron chi connectivity index (χ0n) is 19.1. The summed E-state index contributed by atoms with van der Waals surface area (Å²) in [6, 6.07) is 22.0. The van der Waals surface area contributed by atoms with Gasteiger partial charge in [0.25, 0.3) is 10.0 Å². The van der Waals surface area contributed by atoms with Gasteiger partial charge in [-0.05, 0) is 48.9 Å². The molecule has 36 heavy (non-hydrogen) atoms. The highest BCUT2D eigenvalue weighted by Gasteiger charge is 2.20. The van der Waals surface area contributed by atoms with Crippen molar-refractivity contribution in [2.24, 2.45) is 0 Å². The molecule has 1 heterocycles. The van der Waals surface area contributed by atoms with E-state index in [0.717, 1.165) is 16.5 Å². The van der Waals surface area contributed by atoms with Crippen molar-refractivity contribution in [1.82, 2.24) is 4.98 Å². The van der Waals surface area contributed by atoms with Crippen molar-refractivity contribution in [2.75, 3.05) is 9.62 Å². The van der Waals surface area contributed by atoms with Gasteiger partial charge in [-0.15, -0.1) is 0 Å². The highest BCUT2D eigenvalue weighted by atomic mass is 32.2. The third-order valence-corrected chi connectivity index (χ3v) is 6.54. The normalized spacial score (nSPS) is 11.1. The third-order valence-electron chi connectivity index (χ3n) is 5.17. The van der Waals surface area contributed by atoms with Crippen LogP contribution in [0.5, 0.6) is 11.5 Å². The molecule has 0 bridgehead atoms. The van der Waals surface area contributed by atoms with Gasteiger partial charge in [-0.2, -0.15) is 0 Å². The van der Waals surface area contributed by atoms with E-state index in [1.165, 1.54) is 42.6 Å². The van der Waals surface area contributed by atoms with Crippen LogP contribution >= 0.6 is 0 Å². The van der Waals surface area contributed by atoms with E-state index in [0.29, 0.717) is 5.56 Å². The number of carboxylic acid groups (broad SMARTS) is 1. The first kappa shape index (κ1) is 24.7. The van der Waals surface area contributed by atoms with E-state index in [-0.39, 0.29) is 34.4 Å². The Morgan fingerprint density at radius 1 is 1.00 bits per heavy atom. The number of nitrogens with one attached hydrogen (secondary N) is 1. The van der Waals surface area contributed by atoms with Gasteiger partial charge in [-0.3, -0.25) is 9.62 Å². The molecule has 10 heteroatoms. The van der Waals surface area contributed by atoms with E-state index in [1.807, 2.05) is 13.0 Å². The highest BCUT2D eigenvalue weighted by Crippen LogP contribution is 2.29. The van der Waals surface area contributed by atoms with Crippen LogP contribution in [0.3, 0.4) is 0 Å². The van der Waals surface area contributed by atoms with E-state index < -0.39 is 21.9 Å². The number of sulfonamides is 1. The number of aryl methyl sites for hydroxylation is 1. The predicted molar refractivity (Wildman–Crippen MR) is 133 cm³/mol. The summed E-state index contributed by atoms with van der Waals surface area (Å²) in [6.07, 6.45) is -0.00286. The standard InChI is InChI=1S/C26H22FN3O5S/c1-18-7-11-22(12-8-18)36(33,34)29-25-14-10-21(16-28-25)35-20-9-13-24(23(27)15-20)30(26(31)32)17-19-5-3-2-4-6-19/h2-16H,17H2,1H3,(H,28,29)(H,31,32). The fourth-order valence-electron chi connectivity index (χ4n) is 3.34. The molecule has 0 aliphatic rings. The zero-order valence-corrected chi connectivity index (χ0v) is 19.9. The van der Waals surface area contributed by atoms with E-state index in [2.05, 4.69) is 9.71 Å². The van der Waals surface area contributed by atoms with E-state index in [4.69, 9.17) is 4.74 Å². The summed E-state index contributed by atoms with van der Waals surface area (Å²) in [6.45, 7) is 1.84. The minimum absolute atomic E-state index is 0.0167. The van der Waals surface area contributed by atoms with Crippen LogP contribution < -0.4 is 14.4 Å². The summed E-state index contributed by atoms with van der Waals surface area (Å²) in [5.74, 6) is -0.334. The van der Waals surface area contributed by atoms with Crippen molar-refractivity contribution in [3.63, 3.8) is 0 Å².